The minimum atomic E-state index is 0.0131. The van der Waals surface area contributed by atoms with Gasteiger partial charge in [0.05, 0.1) is 12.5 Å². The van der Waals surface area contributed by atoms with Crippen molar-refractivity contribution in [1.82, 2.24) is 9.55 Å². The van der Waals surface area contributed by atoms with Gasteiger partial charge >= 0.3 is 0 Å². The molecule has 0 unspecified atom stereocenters. The minimum absolute atomic E-state index is 0.0131. The summed E-state index contributed by atoms with van der Waals surface area (Å²) in [6.45, 7) is 2.65. The summed E-state index contributed by atoms with van der Waals surface area (Å²) in [7, 11) is 1.52. The molecule has 0 amide bonds. The van der Waals surface area contributed by atoms with Crippen LogP contribution in [-0.4, -0.2) is 21.8 Å². The number of hydrogen-bond acceptors (Lipinski definition) is 5. The number of fused-ring (bicyclic) bond motifs is 2. The smallest absolute Gasteiger partial charge is 0.263 e. The molecular weight excluding hydrogens is 396 g/mol. The van der Waals surface area contributed by atoms with Crippen LogP contribution in [0.2, 0.25) is 0 Å². The molecule has 1 aliphatic heterocycles. The SMILES string of the molecule is COc1ccc(/C=C2\CCn3c2nc2sc(C)c(-c4ccccc4)c2c3=O)cc1O. The van der Waals surface area contributed by atoms with Crippen LogP contribution in [0.15, 0.2) is 53.3 Å². The van der Waals surface area contributed by atoms with Crippen LogP contribution in [0.1, 0.15) is 22.7 Å². The molecule has 2 aromatic heterocycles. The number of phenols is 1. The Hall–Kier alpha value is -3.38. The first-order valence-corrected chi connectivity index (χ1v) is 10.6. The average molecular weight is 417 g/mol. The highest BCUT2D eigenvalue weighted by molar-refractivity contribution is 7.19. The third kappa shape index (κ3) is 2.92. The second-order valence-corrected chi connectivity index (χ2v) is 8.53. The van der Waals surface area contributed by atoms with Crippen molar-refractivity contribution in [1.29, 1.82) is 0 Å². The van der Waals surface area contributed by atoms with Gasteiger partial charge in [0, 0.05) is 17.0 Å². The quantitative estimate of drug-likeness (QED) is 0.505. The number of hydrogen-bond donors (Lipinski definition) is 1. The largest absolute Gasteiger partial charge is 0.504 e. The molecule has 30 heavy (non-hydrogen) atoms. The van der Waals surface area contributed by atoms with Crippen molar-refractivity contribution < 1.29 is 9.84 Å². The van der Waals surface area contributed by atoms with E-state index in [4.69, 9.17) is 9.72 Å². The lowest BCUT2D eigenvalue weighted by atomic mass is 10.0. The number of aryl methyl sites for hydroxylation is 1. The average Bonchev–Trinajstić information content (AvgIpc) is 3.30. The second-order valence-electron chi connectivity index (χ2n) is 7.32. The molecule has 0 saturated heterocycles. The molecule has 150 valence electrons. The number of aromatic hydroxyl groups is 1. The molecule has 0 spiro atoms. The minimum Gasteiger partial charge on any atom is -0.504 e. The van der Waals surface area contributed by atoms with E-state index >= 15 is 0 Å². The van der Waals surface area contributed by atoms with Gasteiger partial charge in [0.15, 0.2) is 11.5 Å². The van der Waals surface area contributed by atoms with Gasteiger partial charge in [0.1, 0.15) is 10.7 Å². The lowest BCUT2D eigenvalue weighted by Gasteiger charge is -2.06. The first-order chi connectivity index (χ1) is 14.6. The fourth-order valence-electron chi connectivity index (χ4n) is 4.08. The van der Waals surface area contributed by atoms with E-state index < -0.39 is 0 Å². The normalized spacial score (nSPS) is 14.4. The molecule has 0 aliphatic carbocycles. The molecule has 0 fully saturated rings. The predicted octanol–water partition coefficient (Wildman–Crippen LogP) is 5.09. The standard InChI is InChI=1S/C24H20N2O3S/c1-14-20(16-6-4-3-5-7-16)21-23(30-14)25-22-17(10-11-26(22)24(21)28)12-15-8-9-19(29-2)18(27)13-15/h3-9,12-13,27H,10-11H2,1-2H3/b17-12+. The van der Waals surface area contributed by atoms with Crippen molar-refractivity contribution in [2.45, 2.75) is 19.9 Å². The van der Waals surface area contributed by atoms with Crippen LogP contribution >= 0.6 is 11.3 Å². The number of thiophene rings is 1. The summed E-state index contributed by atoms with van der Waals surface area (Å²) in [5, 5.41) is 10.8. The van der Waals surface area contributed by atoms with Gasteiger partial charge in [0.25, 0.3) is 5.56 Å². The number of benzene rings is 2. The maximum atomic E-state index is 13.4. The second kappa shape index (κ2) is 7.15. The van der Waals surface area contributed by atoms with E-state index in [0.717, 1.165) is 38.4 Å². The molecular formula is C24H20N2O3S. The highest BCUT2D eigenvalue weighted by Crippen LogP contribution is 2.38. The highest BCUT2D eigenvalue weighted by Gasteiger charge is 2.24. The van der Waals surface area contributed by atoms with E-state index in [9.17, 15) is 9.90 Å². The zero-order valence-electron chi connectivity index (χ0n) is 16.7. The fraction of sp³-hybridized carbons (Fsp3) is 0.167. The van der Waals surface area contributed by atoms with Gasteiger partial charge < -0.3 is 9.84 Å². The van der Waals surface area contributed by atoms with Crippen LogP contribution in [0, 0.1) is 6.92 Å². The van der Waals surface area contributed by atoms with E-state index in [1.54, 1.807) is 28.0 Å². The van der Waals surface area contributed by atoms with Crippen molar-refractivity contribution in [2.75, 3.05) is 7.11 Å². The summed E-state index contributed by atoms with van der Waals surface area (Å²) in [5.74, 6) is 1.23. The molecule has 0 atom stereocenters. The van der Waals surface area contributed by atoms with E-state index in [-0.39, 0.29) is 11.3 Å². The van der Waals surface area contributed by atoms with Crippen molar-refractivity contribution in [2.24, 2.45) is 0 Å². The zero-order valence-corrected chi connectivity index (χ0v) is 17.5. The monoisotopic (exact) mass is 416 g/mol. The molecule has 0 radical (unpaired) electrons. The lowest BCUT2D eigenvalue weighted by molar-refractivity contribution is 0.373. The fourth-order valence-corrected chi connectivity index (χ4v) is 5.11. The summed E-state index contributed by atoms with van der Waals surface area (Å²) in [6, 6.07) is 15.3. The van der Waals surface area contributed by atoms with Crippen LogP contribution in [0.3, 0.4) is 0 Å². The number of nitrogens with zero attached hydrogens (tertiary/aromatic N) is 2. The Morgan fingerprint density at radius 1 is 1.20 bits per heavy atom. The van der Waals surface area contributed by atoms with Crippen molar-refractivity contribution in [3.8, 4) is 22.6 Å². The summed E-state index contributed by atoms with van der Waals surface area (Å²) in [6.07, 6.45) is 2.71. The van der Waals surface area contributed by atoms with Gasteiger partial charge in [-0.1, -0.05) is 36.4 Å². The molecule has 6 heteroatoms. The first-order valence-electron chi connectivity index (χ1n) is 9.74. The van der Waals surface area contributed by atoms with Gasteiger partial charge in [-0.15, -0.1) is 11.3 Å². The number of methoxy groups -OCH3 is 1. The lowest BCUT2D eigenvalue weighted by Crippen LogP contribution is -2.20. The Bertz CT molecular complexity index is 1370. The molecule has 5 rings (SSSR count). The Morgan fingerprint density at radius 2 is 2.00 bits per heavy atom. The summed E-state index contributed by atoms with van der Waals surface area (Å²) in [4.78, 5) is 20.2. The Morgan fingerprint density at radius 3 is 2.73 bits per heavy atom. The van der Waals surface area contributed by atoms with Gasteiger partial charge in [-0.3, -0.25) is 9.36 Å². The van der Waals surface area contributed by atoms with Crippen LogP contribution < -0.4 is 10.3 Å². The first kappa shape index (κ1) is 18.6. The van der Waals surface area contributed by atoms with E-state index in [2.05, 4.69) is 0 Å². The number of aromatic nitrogens is 2. The van der Waals surface area contributed by atoms with Gasteiger partial charge in [-0.2, -0.15) is 0 Å². The molecule has 5 nitrogen and oxygen atoms in total. The van der Waals surface area contributed by atoms with Crippen molar-refractivity contribution in [3.63, 3.8) is 0 Å². The van der Waals surface area contributed by atoms with Crippen molar-refractivity contribution in [3.05, 3.63) is 75.1 Å². The Kier molecular flexibility index (Phi) is 4.44. The van der Waals surface area contributed by atoms with Crippen LogP contribution in [0.5, 0.6) is 11.5 Å². The predicted molar refractivity (Wildman–Crippen MR) is 121 cm³/mol. The number of phenolic OH excluding ortho intramolecular Hbond substituents is 1. The molecule has 1 N–H and O–H groups in total. The maximum Gasteiger partial charge on any atom is 0.263 e. The molecule has 4 aromatic rings. The number of rotatable bonds is 3. The van der Waals surface area contributed by atoms with Crippen molar-refractivity contribution >= 4 is 33.2 Å². The Labute approximate surface area is 177 Å². The van der Waals surface area contributed by atoms with E-state index in [1.807, 2.05) is 49.4 Å². The molecule has 1 aliphatic rings. The molecule has 0 saturated carbocycles. The maximum absolute atomic E-state index is 13.4. The summed E-state index contributed by atoms with van der Waals surface area (Å²) >= 11 is 1.56. The topological polar surface area (TPSA) is 64.4 Å². The van der Waals surface area contributed by atoms with Crippen LogP contribution in [-0.2, 0) is 6.54 Å². The molecule has 3 heterocycles. The van der Waals surface area contributed by atoms with Gasteiger partial charge in [-0.05, 0) is 48.3 Å². The molecule has 2 aromatic carbocycles. The van der Waals surface area contributed by atoms with Crippen LogP contribution in [0.25, 0.3) is 33.0 Å². The van der Waals surface area contributed by atoms with Gasteiger partial charge in [0.2, 0.25) is 0 Å². The van der Waals surface area contributed by atoms with Gasteiger partial charge in [-0.25, -0.2) is 4.98 Å². The van der Waals surface area contributed by atoms with Crippen LogP contribution in [0.4, 0.5) is 0 Å². The third-order valence-electron chi connectivity index (χ3n) is 5.49. The number of ether oxygens (including phenoxy) is 1. The van der Waals surface area contributed by atoms with E-state index in [0.29, 0.717) is 23.5 Å². The highest BCUT2D eigenvalue weighted by atomic mass is 32.1. The zero-order chi connectivity index (χ0) is 20.8. The third-order valence-corrected chi connectivity index (χ3v) is 6.49. The summed E-state index contributed by atoms with van der Waals surface area (Å²) in [5.41, 5.74) is 3.88. The molecule has 0 bridgehead atoms. The Balaban J connectivity index is 1.66. The van der Waals surface area contributed by atoms with E-state index in [1.165, 1.54) is 7.11 Å². The summed E-state index contributed by atoms with van der Waals surface area (Å²) < 4.78 is 6.89. The number of allylic oxidation sites excluding steroid dienone is 1.